The fraction of sp³-hybridized carbons (Fsp3) is 0.652. The van der Waals surface area contributed by atoms with E-state index >= 15 is 0 Å². The molecular formula is C23H33N3O6. The van der Waals surface area contributed by atoms with Gasteiger partial charge in [0.2, 0.25) is 5.91 Å². The third kappa shape index (κ3) is 6.04. The van der Waals surface area contributed by atoms with Crippen LogP contribution in [0.4, 0.5) is 10.5 Å². The summed E-state index contributed by atoms with van der Waals surface area (Å²) < 4.78 is 16.5. The second kappa shape index (κ2) is 10.4. The van der Waals surface area contributed by atoms with Crippen LogP contribution in [0.25, 0.3) is 0 Å². The first kappa shape index (κ1) is 22.7. The van der Waals surface area contributed by atoms with Gasteiger partial charge in [-0.15, -0.1) is 0 Å². The van der Waals surface area contributed by atoms with Crippen molar-refractivity contribution in [3.8, 4) is 11.5 Å². The number of rotatable bonds is 9. The van der Waals surface area contributed by atoms with Crippen LogP contribution in [0.1, 0.15) is 37.7 Å². The van der Waals surface area contributed by atoms with Crippen molar-refractivity contribution in [3.63, 3.8) is 0 Å². The zero-order valence-electron chi connectivity index (χ0n) is 18.6. The summed E-state index contributed by atoms with van der Waals surface area (Å²) in [6, 6.07) is 3.70. The number of anilines is 1. The van der Waals surface area contributed by atoms with Crippen molar-refractivity contribution in [3.05, 3.63) is 17.7 Å². The Morgan fingerprint density at radius 2 is 1.97 bits per heavy atom. The van der Waals surface area contributed by atoms with E-state index in [-0.39, 0.29) is 24.6 Å². The Labute approximate surface area is 188 Å². The van der Waals surface area contributed by atoms with Crippen molar-refractivity contribution in [2.45, 2.75) is 50.7 Å². The van der Waals surface area contributed by atoms with E-state index in [1.807, 2.05) is 6.07 Å². The van der Waals surface area contributed by atoms with Crippen LogP contribution in [0.2, 0.25) is 0 Å². The molecule has 1 saturated heterocycles. The summed E-state index contributed by atoms with van der Waals surface area (Å²) in [7, 11) is 1.57. The van der Waals surface area contributed by atoms with Crippen LogP contribution < -0.4 is 20.1 Å². The van der Waals surface area contributed by atoms with E-state index in [1.165, 1.54) is 0 Å². The molecule has 3 aliphatic rings. The topological polar surface area (TPSA) is 109 Å². The second-order valence-electron chi connectivity index (χ2n) is 8.89. The van der Waals surface area contributed by atoms with Crippen molar-refractivity contribution in [1.29, 1.82) is 0 Å². The van der Waals surface area contributed by atoms with Gasteiger partial charge in [-0.3, -0.25) is 4.79 Å². The molecule has 0 spiro atoms. The third-order valence-electron chi connectivity index (χ3n) is 6.27. The molecule has 2 aliphatic heterocycles. The highest BCUT2D eigenvalue weighted by Gasteiger charge is 2.26. The first-order chi connectivity index (χ1) is 15.5. The van der Waals surface area contributed by atoms with E-state index in [2.05, 4.69) is 15.5 Å². The molecule has 3 N–H and O–H groups in total. The summed E-state index contributed by atoms with van der Waals surface area (Å²) in [6.45, 7) is 2.80. The van der Waals surface area contributed by atoms with Gasteiger partial charge in [-0.2, -0.15) is 0 Å². The van der Waals surface area contributed by atoms with E-state index in [4.69, 9.17) is 14.2 Å². The number of nitrogens with zero attached hydrogens (tertiary/aromatic N) is 1. The maximum atomic E-state index is 11.8. The van der Waals surface area contributed by atoms with Crippen molar-refractivity contribution in [1.82, 2.24) is 10.2 Å². The summed E-state index contributed by atoms with van der Waals surface area (Å²) >= 11 is 0. The maximum absolute atomic E-state index is 11.8. The number of nitrogens with one attached hydrogen (secondary N) is 2. The lowest BCUT2D eigenvalue weighted by Gasteiger charge is -2.33. The first-order valence-electron chi connectivity index (χ1n) is 11.5. The minimum atomic E-state index is -0.640. The molecule has 9 nitrogen and oxygen atoms in total. The molecule has 9 heteroatoms. The summed E-state index contributed by atoms with van der Waals surface area (Å²) in [5.41, 5.74) is 1.55. The number of aliphatic hydroxyl groups excluding tert-OH is 1. The highest BCUT2D eigenvalue weighted by molar-refractivity contribution is 5.96. The predicted molar refractivity (Wildman–Crippen MR) is 118 cm³/mol. The number of fused-ring (bicyclic) bond motifs is 1. The number of carbonyl (C=O) groups excluding carboxylic acids is 2. The van der Waals surface area contributed by atoms with Crippen molar-refractivity contribution in [2.24, 2.45) is 5.92 Å². The summed E-state index contributed by atoms with van der Waals surface area (Å²) in [5.74, 6) is 1.79. The highest BCUT2D eigenvalue weighted by Crippen LogP contribution is 2.38. The van der Waals surface area contributed by atoms with Gasteiger partial charge in [0.05, 0.1) is 19.4 Å². The van der Waals surface area contributed by atoms with Gasteiger partial charge in [0.1, 0.15) is 24.2 Å². The third-order valence-corrected chi connectivity index (χ3v) is 6.27. The van der Waals surface area contributed by atoms with Gasteiger partial charge in [0.25, 0.3) is 0 Å². The predicted octanol–water partition coefficient (Wildman–Crippen LogP) is 1.92. The van der Waals surface area contributed by atoms with E-state index in [9.17, 15) is 14.7 Å². The molecule has 176 valence electrons. The Hall–Kier alpha value is -2.52. The van der Waals surface area contributed by atoms with Crippen molar-refractivity contribution in [2.75, 3.05) is 45.3 Å². The average molecular weight is 448 g/mol. The SMILES string of the molecule is COc1ccc(OCC(O)CN2CCC(NC(=O)OCC3CC3)CC2)c2c1NC(=O)CC2. The fourth-order valence-corrected chi connectivity index (χ4v) is 4.22. The van der Waals surface area contributed by atoms with Gasteiger partial charge in [0, 0.05) is 37.7 Å². The Morgan fingerprint density at radius 3 is 2.69 bits per heavy atom. The summed E-state index contributed by atoms with van der Waals surface area (Å²) in [4.78, 5) is 25.8. The van der Waals surface area contributed by atoms with Crippen LogP contribution in [0.3, 0.4) is 0 Å². The molecule has 2 amide bonds. The Balaban J connectivity index is 1.20. The monoisotopic (exact) mass is 447 g/mol. The largest absolute Gasteiger partial charge is 0.495 e. The molecule has 1 saturated carbocycles. The minimum absolute atomic E-state index is 0.0398. The zero-order chi connectivity index (χ0) is 22.5. The smallest absolute Gasteiger partial charge is 0.407 e. The number of methoxy groups -OCH3 is 1. The van der Waals surface area contributed by atoms with Gasteiger partial charge in [0.15, 0.2) is 0 Å². The molecule has 1 aromatic carbocycles. The van der Waals surface area contributed by atoms with Crippen molar-refractivity contribution < 1.29 is 28.9 Å². The van der Waals surface area contributed by atoms with Gasteiger partial charge in [-0.1, -0.05) is 0 Å². The molecule has 1 aliphatic carbocycles. The summed E-state index contributed by atoms with van der Waals surface area (Å²) in [5, 5.41) is 16.3. The molecule has 2 fully saturated rings. The molecule has 1 atom stereocenters. The zero-order valence-corrected chi connectivity index (χ0v) is 18.6. The minimum Gasteiger partial charge on any atom is -0.495 e. The Kier molecular flexibility index (Phi) is 7.36. The normalized spacial score (nSPS) is 20.1. The van der Waals surface area contributed by atoms with Gasteiger partial charge < -0.3 is 34.9 Å². The van der Waals surface area contributed by atoms with E-state index < -0.39 is 6.10 Å². The molecular weight excluding hydrogens is 414 g/mol. The maximum Gasteiger partial charge on any atom is 0.407 e. The van der Waals surface area contributed by atoms with E-state index in [0.717, 1.165) is 44.3 Å². The van der Waals surface area contributed by atoms with Gasteiger partial charge >= 0.3 is 6.09 Å². The number of hydrogen-bond acceptors (Lipinski definition) is 7. The number of hydrogen-bond donors (Lipinski definition) is 3. The number of aliphatic hydroxyl groups is 1. The molecule has 32 heavy (non-hydrogen) atoms. The van der Waals surface area contributed by atoms with E-state index in [1.54, 1.807) is 13.2 Å². The molecule has 1 aromatic rings. The molecule has 2 heterocycles. The Bertz CT molecular complexity index is 820. The molecule has 0 bridgehead atoms. The van der Waals surface area contributed by atoms with Crippen LogP contribution >= 0.6 is 0 Å². The lowest BCUT2D eigenvalue weighted by atomic mass is 10.0. The molecule has 1 unspecified atom stereocenters. The number of amides is 2. The quantitative estimate of drug-likeness (QED) is 0.531. The van der Waals surface area contributed by atoms with Crippen LogP contribution in [0, 0.1) is 5.92 Å². The average Bonchev–Trinajstić information content (AvgIpc) is 3.62. The number of likely N-dealkylation sites (tertiary alicyclic amines) is 1. The number of ether oxygens (including phenoxy) is 3. The first-order valence-corrected chi connectivity index (χ1v) is 11.5. The number of carbonyl (C=O) groups is 2. The van der Waals surface area contributed by atoms with Crippen LogP contribution in [-0.4, -0.2) is 74.1 Å². The lowest BCUT2D eigenvalue weighted by molar-refractivity contribution is -0.116. The van der Waals surface area contributed by atoms with Crippen LogP contribution in [-0.2, 0) is 16.0 Å². The standard InChI is InChI=1S/C23H33N3O6/c1-30-20-6-5-19(18-4-7-21(28)25-22(18)20)31-14-17(27)12-26-10-8-16(9-11-26)24-23(29)32-13-15-2-3-15/h5-6,15-17,27H,2-4,7-14H2,1H3,(H,24,29)(H,25,28). The second-order valence-corrected chi connectivity index (χ2v) is 8.89. The number of alkyl carbamates (subject to hydrolysis) is 1. The molecule has 0 radical (unpaired) electrons. The van der Waals surface area contributed by atoms with Gasteiger partial charge in [-0.05, 0) is 50.2 Å². The van der Waals surface area contributed by atoms with Gasteiger partial charge in [-0.25, -0.2) is 4.79 Å². The number of piperidine rings is 1. The number of β-amino-alcohol motifs (C(OH)–C–C–N with tert-alkyl or cyclic N) is 1. The molecule has 4 rings (SSSR count). The number of benzene rings is 1. The van der Waals surface area contributed by atoms with Crippen LogP contribution in [0.15, 0.2) is 12.1 Å². The Morgan fingerprint density at radius 1 is 1.22 bits per heavy atom. The van der Waals surface area contributed by atoms with E-state index in [0.29, 0.717) is 49.1 Å². The summed E-state index contributed by atoms with van der Waals surface area (Å²) in [6.07, 6.45) is 4.01. The van der Waals surface area contributed by atoms with Crippen molar-refractivity contribution >= 4 is 17.7 Å². The highest BCUT2D eigenvalue weighted by atomic mass is 16.5. The lowest BCUT2D eigenvalue weighted by Crippen LogP contribution is -2.47. The van der Waals surface area contributed by atoms with Crippen LogP contribution in [0.5, 0.6) is 11.5 Å². The fourth-order valence-electron chi connectivity index (χ4n) is 4.22. The molecule has 0 aromatic heterocycles.